The predicted octanol–water partition coefficient (Wildman–Crippen LogP) is 4.77. The Morgan fingerprint density at radius 2 is 1.48 bits per heavy atom. The summed E-state index contributed by atoms with van der Waals surface area (Å²) in [6.45, 7) is 2.03. The van der Waals surface area contributed by atoms with E-state index in [2.05, 4.69) is 40.2 Å². The first-order valence-electron chi connectivity index (χ1n) is 11.0. The van der Waals surface area contributed by atoms with E-state index < -0.39 is 22.1 Å². The molecule has 0 N–H and O–H groups in total. The van der Waals surface area contributed by atoms with Crippen molar-refractivity contribution in [1.29, 1.82) is 0 Å². The lowest BCUT2D eigenvalue weighted by Gasteiger charge is -2.51. The van der Waals surface area contributed by atoms with Gasteiger partial charge >= 0.3 is 5.97 Å². The van der Waals surface area contributed by atoms with Crippen LogP contribution in [0.15, 0.2) is 72.8 Å². The first-order valence-corrected chi connectivity index (χ1v) is 11.8. The van der Waals surface area contributed by atoms with E-state index in [9.17, 15) is 14.4 Å². The number of rotatable bonds is 3. The summed E-state index contributed by atoms with van der Waals surface area (Å²) in [6, 6.07) is 22.6. The van der Waals surface area contributed by atoms with Gasteiger partial charge in [0.15, 0.2) is 0 Å². The van der Waals surface area contributed by atoms with Gasteiger partial charge in [0, 0.05) is 5.92 Å². The Kier molecular flexibility index (Phi) is 4.40. The fraction of sp³-hybridized carbons (Fsp3) is 0.222. The molecule has 0 saturated carbocycles. The van der Waals surface area contributed by atoms with Crippen molar-refractivity contribution < 1.29 is 19.1 Å². The number of esters is 1. The van der Waals surface area contributed by atoms with Gasteiger partial charge in [0.1, 0.15) is 0 Å². The summed E-state index contributed by atoms with van der Waals surface area (Å²) in [5.74, 6) is -2.08. The van der Waals surface area contributed by atoms with Crippen LogP contribution in [0, 0.1) is 11.8 Å². The number of hydrogen-bond donors (Lipinski definition) is 0. The highest BCUT2D eigenvalue weighted by molar-refractivity contribution is 9.09. The second kappa shape index (κ2) is 7.12. The molecule has 3 aromatic carbocycles. The Balaban J connectivity index is 1.48. The van der Waals surface area contributed by atoms with Gasteiger partial charge in [-0.2, -0.15) is 0 Å². The van der Waals surface area contributed by atoms with Crippen LogP contribution in [-0.2, 0) is 18.7 Å². The Morgan fingerprint density at radius 3 is 2.06 bits per heavy atom. The van der Waals surface area contributed by atoms with Gasteiger partial charge in [-0.1, -0.05) is 64.5 Å². The van der Waals surface area contributed by atoms with Gasteiger partial charge in [0.25, 0.3) is 0 Å². The minimum Gasteiger partial charge on any atom is -0.462 e. The number of benzene rings is 3. The van der Waals surface area contributed by atoms with E-state index in [-0.39, 0.29) is 24.3 Å². The van der Waals surface area contributed by atoms with Gasteiger partial charge in [-0.05, 0) is 53.4 Å². The van der Waals surface area contributed by atoms with E-state index in [0.29, 0.717) is 11.3 Å². The third-order valence-corrected chi connectivity index (χ3v) is 8.50. The van der Waals surface area contributed by atoms with Crippen molar-refractivity contribution in [1.82, 2.24) is 0 Å². The molecule has 164 valence electrons. The number of hydrogen-bond acceptors (Lipinski definition) is 4. The molecular formula is C27H20BrNO4. The van der Waals surface area contributed by atoms with E-state index in [0.717, 1.165) is 22.3 Å². The van der Waals surface area contributed by atoms with Crippen LogP contribution in [-0.4, -0.2) is 24.4 Å². The average Bonchev–Trinajstić information content (AvgIpc) is 3.11. The molecule has 1 saturated heterocycles. The summed E-state index contributed by atoms with van der Waals surface area (Å²) in [4.78, 5) is 41.0. The van der Waals surface area contributed by atoms with Crippen LogP contribution in [0.4, 0.5) is 5.69 Å². The first-order chi connectivity index (χ1) is 16.0. The van der Waals surface area contributed by atoms with Crippen molar-refractivity contribution in [2.75, 3.05) is 11.5 Å². The molecule has 5 nitrogen and oxygen atoms in total. The lowest BCUT2D eigenvalue weighted by atomic mass is 9.55. The Labute approximate surface area is 199 Å². The molecule has 4 aliphatic rings. The van der Waals surface area contributed by atoms with Crippen molar-refractivity contribution >= 4 is 39.4 Å². The molecule has 2 bridgehead atoms. The molecule has 2 amide bonds. The third-order valence-electron chi connectivity index (χ3n) is 7.15. The lowest BCUT2D eigenvalue weighted by molar-refractivity contribution is -0.122. The van der Waals surface area contributed by atoms with E-state index in [1.54, 1.807) is 31.2 Å². The summed E-state index contributed by atoms with van der Waals surface area (Å²) in [5.41, 5.74) is 5.14. The topological polar surface area (TPSA) is 63.7 Å². The molecule has 3 aliphatic carbocycles. The van der Waals surface area contributed by atoms with Crippen molar-refractivity contribution in [3.8, 4) is 0 Å². The van der Waals surface area contributed by atoms with Crippen molar-refractivity contribution in [3.05, 3.63) is 101 Å². The molecule has 0 spiro atoms. The van der Waals surface area contributed by atoms with E-state index >= 15 is 0 Å². The number of carbonyl (C=O) groups is 3. The van der Waals surface area contributed by atoms with Crippen molar-refractivity contribution in [2.45, 2.75) is 17.2 Å². The number of anilines is 1. The summed E-state index contributed by atoms with van der Waals surface area (Å²) >= 11 is 3.99. The largest absolute Gasteiger partial charge is 0.462 e. The van der Waals surface area contributed by atoms with Gasteiger partial charge in [0.05, 0.1) is 34.0 Å². The monoisotopic (exact) mass is 501 g/mol. The molecular weight excluding hydrogens is 482 g/mol. The summed E-state index contributed by atoms with van der Waals surface area (Å²) in [5, 5.41) is 0. The molecule has 3 aromatic rings. The zero-order chi connectivity index (χ0) is 22.9. The van der Waals surface area contributed by atoms with Crippen LogP contribution in [0.5, 0.6) is 0 Å². The predicted molar refractivity (Wildman–Crippen MR) is 126 cm³/mol. The number of nitrogens with zero attached hydrogens (tertiary/aromatic N) is 1. The first kappa shape index (κ1) is 20.4. The molecule has 1 fully saturated rings. The summed E-state index contributed by atoms with van der Waals surface area (Å²) in [7, 11) is 0. The van der Waals surface area contributed by atoms with Crippen LogP contribution in [0.1, 0.15) is 45.5 Å². The van der Waals surface area contributed by atoms with Gasteiger partial charge in [-0.15, -0.1) is 0 Å². The smallest absolute Gasteiger partial charge is 0.338 e. The summed E-state index contributed by atoms with van der Waals surface area (Å²) < 4.78 is 4.27. The quantitative estimate of drug-likeness (QED) is 0.294. The van der Waals surface area contributed by atoms with Crippen LogP contribution in [0.3, 0.4) is 0 Å². The zero-order valence-electron chi connectivity index (χ0n) is 17.8. The molecule has 0 unspecified atom stereocenters. The number of carbonyl (C=O) groups excluding carboxylic acids is 3. The Hall–Kier alpha value is -3.25. The van der Waals surface area contributed by atoms with Crippen molar-refractivity contribution in [2.24, 2.45) is 11.8 Å². The lowest BCUT2D eigenvalue weighted by Crippen LogP contribution is -2.50. The minimum absolute atomic E-state index is 0.179. The molecule has 0 radical (unpaired) electrons. The molecule has 6 heteroatoms. The molecule has 33 heavy (non-hydrogen) atoms. The number of ether oxygens (including phenoxy) is 1. The molecule has 1 heterocycles. The van der Waals surface area contributed by atoms with Crippen molar-refractivity contribution in [3.63, 3.8) is 0 Å². The normalized spacial score (nSPS) is 26.6. The van der Waals surface area contributed by atoms with Crippen LogP contribution in [0.25, 0.3) is 0 Å². The second-order valence-electron chi connectivity index (χ2n) is 8.65. The second-order valence-corrected chi connectivity index (χ2v) is 9.90. The fourth-order valence-electron chi connectivity index (χ4n) is 5.89. The van der Waals surface area contributed by atoms with Gasteiger partial charge < -0.3 is 4.74 Å². The maximum absolute atomic E-state index is 13.9. The van der Waals surface area contributed by atoms with Crippen LogP contribution in [0.2, 0.25) is 0 Å². The maximum Gasteiger partial charge on any atom is 0.338 e. The SMILES string of the molecule is CCOC(=O)c1ccc(N2C(=O)[C@@H]3C4c5ccccc5C(Br)(c5ccccc54)[C@@H]3C2=O)cc1. The molecule has 7 rings (SSSR count). The number of halogens is 1. The summed E-state index contributed by atoms with van der Waals surface area (Å²) in [6.07, 6.45) is 0. The van der Waals surface area contributed by atoms with Gasteiger partial charge in [-0.3, -0.25) is 9.59 Å². The minimum atomic E-state index is -0.772. The highest BCUT2D eigenvalue weighted by Gasteiger charge is 2.67. The maximum atomic E-state index is 13.9. The molecule has 0 aromatic heterocycles. The van der Waals surface area contributed by atoms with Gasteiger partial charge in [0.2, 0.25) is 11.8 Å². The van der Waals surface area contributed by atoms with E-state index in [4.69, 9.17) is 4.74 Å². The highest BCUT2D eigenvalue weighted by Crippen LogP contribution is 2.66. The van der Waals surface area contributed by atoms with Crippen LogP contribution >= 0.6 is 15.9 Å². The Bertz CT molecular complexity index is 1280. The fourth-order valence-corrected chi connectivity index (χ4v) is 7.10. The number of alkyl halides is 1. The standard InChI is InChI=1S/C27H20BrNO4/c1-2-33-26(32)15-11-13-16(14-12-15)29-24(30)22-21-17-7-3-5-9-19(17)27(28,23(22)25(29)31)20-10-6-4-8-18(20)21/h3-14,21-23H,2H2,1H3/t21?,22-,23+,27?/m1/s1. The molecule has 2 atom stereocenters. The van der Waals surface area contributed by atoms with Crippen LogP contribution < -0.4 is 4.90 Å². The van der Waals surface area contributed by atoms with Gasteiger partial charge in [-0.25, -0.2) is 9.69 Å². The number of amides is 2. The third kappa shape index (κ3) is 2.55. The van der Waals surface area contributed by atoms with E-state index in [1.165, 1.54) is 4.90 Å². The Morgan fingerprint density at radius 1 is 0.909 bits per heavy atom. The zero-order valence-corrected chi connectivity index (χ0v) is 19.4. The van der Waals surface area contributed by atoms with E-state index in [1.807, 2.05) is 24.3 Å². The number of imide groups is 1. The highest BCUT2D eigenvalue weighted by atomic mass is 79.9. The average molecular weight is 502 g/mol. The molecule has 1 aliphatic heterocycles.